The minimum Gasteiger partial charge on any atom is -0.496 e. The van der Waals surface area contributed by atoms with E-state index in [-0.39, 0.29) is 27.1 Å². The number of para-hydroxylation sites is 1. The second-order valence-electron chi connectivity index (χ2n) is 7.09. The maximum Gasteiger partial charge on any atom is 0.261 e. The standard InChI is InChI=1S/C23H23ClN2O4S/c1-16-8-11-19(12-9-16)31(28,29)25-18-10-13-20(21(24)14-18)23(27)26(2)15-17-6-4-5-7-22(17)30-3/h4-14,25H,15H2,1-3H3. The molecule has 3 aromatic carbocycles. The first-order valence-electron chi connectivity index (χ1n) is 9.47. The van der Waals surface area contributed by atoms with Gasteiger partial charge in [0.2, 0.25) is 0 Å². The molecule has 3 rings (SSSR count). The van der Waals surface area contributed by atoms with Gasteiger partial charge >= 0.3 is 0 Å². The van der Waals surface area contributed by atoms with Crippen molar-refractivity contribution in [2.75, 3.05) is 18.9 Å². The van der Waals surface area contributed by atoms with Crippen molar-refractivity contribution in [2.24, 2.45) is 0 Å². The molecule has 3 aromatic rings. The van der Waals surface area contributed by atoms with Gasteiger partial charge < -0.3 is 9.64 Å². The Morgan fingerprint density at radius 3 is 2.39 bits per heavy atom. The molecule has 8 heteroatoms. The lowest BCUT2D eigenvalue weighted by Gasteiger charge is -2.20. The van der Waals surface area contributed by atoms with Crippen LogP contribution in [0.3, 0.4) is 0 Å². The fraction of sp³-hybridized carbons (Fsp3) is 0.174. The van der Waals surface area contributed by atoms with Gasteiger partial charge in [0.05, 0.1) is 28.3 Å². The lowest BCUT2D eigenvalue weighted by atomic mass is 10.1. The number of benzene rings is 3. The Kier molecular flexibility index (Phi) is 6.87. The SMILES string of the molecule is COc1ccccc1CN(C)C(=O)c1ccc(NS(=O)(=O)c2ccc(C)cc2)cc1Cl. The van der Waals surface area contributed by atoms with Crippen molar-refractivity contribution in [2.45, 2.75) is 18.4 Å². The summed E-state index contributed by atoms with van der Waals surface area (Å²) in [6, 6.07) is 18.4. The summed E-state index contributed by atoms with van der Waals surface area (Å²) in [5, 5.41) is 0.154. The number of carbonyl (C=O) groups excluding carboxylic acids is 1. The molecule has 0 unspecified atom stereocenters. The zero-order valence-electron chi connectivity index (χ0n) is 17.4. The fourth-order valence-electron chi connectivity index (χ4n) is 3.05. The highest BCUT2D eigenvalue weighted by molar-refractivity contribution is 7.92. The van der Waals surface area contributed by atoms with E-state index in [9.17, 15) is 13.2 Å². The third-order valence-electron chi connectivity index (χ3n) is 4.73. The number of hydrogen-bond acceptors (Lipinski definition) is 4. The summed E-state index contributed by atoms with van der Waals surface area (Å²) in [5.41, 5.74) is 2.37. The second kappa shape index (κ2) is 9.41. The van der Waals surface area contributed by atoms with Crippen molar-refractivity contribution < 1.29 is 17.9 Å². The molecule has 0 atom stereocenters. The predicted octanol–water partition coefficient (Wildman–Crippen LogP) is 4.73. The topological polar surface area (TPSA) is 75.7 Å². The fourth-order valence-corrected chi connectivity index (χ4v) is 4.36. The van der Waals surface area contributed by atoms with E-state index in [2.05, 4.69) is 4.72 Å². The van der Waals surface area contributed by atoms with Gasteiger partial charge in [-0.1, -0.05) is 47.5 Å². The summed E-state index contributed by atoms with van der Waals surface area (Å²) in [5.74, 6) is 0.401. The smallest absolute Gasteiger partial charge is 0.261 e. The van der Waals surface area contributed by atoms with Crippen LogP contribution in [0.15, 0.2) is 71.6 Å². The zero-order valence-corrected chi connectivity index (χ0v) is 19.0. The second-order valence-corrected chi connectivity index (χ2v) is 9.18. The summed E-state index contributed by atoms with van der Waals surface area (Å²) in [7, 11) is -0.519. The number of rotatable bonds is 7. The number of carbonyl (C=O) groups is 1. The first kappa shape index (κ1) is 22.7. The van der Waals surface area contributed by atoms with Crippen molar-refractivity contribution in [1.29, 1.82) is 0 Å². The van der Waals surface area contributed by atoms with Gasteiger partial charge in [0.15, 0.2) is 0 Å². The van der Waals surface area contributed by atoms with Crippen LogP contribution in [-0.2, 0) is 16.6 Å². The molecule has 1 N–H and O–H groups in total. The van der Waals surface area contributed by atoms with E-state index in [1.807, 2.05) is 31.2 Å². The summed E-state index contributed by atoms with van der Waals surface area (Å²) in [4.78, 5) is 14.5. The van der Waals surface area contributed by atoms with Crippen LogP contribution in [0.4, 0.5) is 5.69 Å². The number of hydrogen-bond donors (Lipinski definition) is 1. The van der Waals surface area contributed by atoms with Gasteiger partial charge in [-0.3, -0.25) is 9.52 Å². The molecule has 0 saturated heterocycles. The van der Waals surface area contributed by atoms with Crippen LogP contribution in [0.1, 0.15) is 21.5 Å². The molecular weight excluding hydrogens is 436 g/mol. The van der Waals surface area contributed by atoms with Crippen LogP contribution >= 0.6 is 11.6 Å². The highest BCUT2D eigenvalue weighted by atomic mass is 35.5. The number of aryl methyl sites for hydroxylation is 1. The molecule has 0 bridgehead atoms. The average Bonchev–Trinajstić information content (AvgIpc) is 2.73. The van der Waals surface area contributed by atoms with Gasteiger partial charge in [-0.2, -0.15) is 0 Å². The molecular formula is C23H23ClN2O4S. The molecule has 162 valence electrons. The largest absolute Gasteiger partial charge is 0.496 e. The molecule has 6 nitrogen and oxygen atoms in total. The summed E-state index contributed by atoms with van der Waals surface area (Å²) in [6.45, 7) is 2.21. The van der Waals surface area contributed by atoms with Gasteiger partial charge in [-0.15, -0.1) is 0 Å². The predicted molar refractivity (Wildman–Crippen MR) is 122 cm³/mol. The molecule has 1 amide bonds. The normalized spacial score (nSPS) is 11.1. The molecule has 0 heterocycles. The molecule has 0 aliphatic carbocycles. The number of anilines is 1. The molecule has 0 saturated carbocycles. The Bertz CT molecular complexity index is 1190. The highest BCUT2D eigenvalue weighted by Crippen LogP contribution is 2.26. The zero-order chi connectivity index (χ0) is 22.6. The summed E-state index contributed by atoms with van der Waals surface area (Å²) in [6.07, 6.45) is 0. The third-order valence-corrected chi connectivity index (χ3v) is 6.44. The maximum atomic E-state index is 12.9. The van der Waals surface area contributed by atoms with E-state index in [1.165, 1.54) is 35.2 Å². The first-order valence-corrected chi connectivity index (χ1v) is 11.3. The van der Waals surface area contributed by atoms with E-state index >= 15 is 0 Å². The lowest BCUT2D eigenvalue weighted by Crippen LogP contribution is -2.26. The van der Waals surface area contributed by atoms with Crippen molar-refractivity contribution in [3.63, 3.8) is 0 Å². The Balaban J connectivity index is 1.76. The van der Waals surface area contributed by atoms with Crippen LogP contribution < -0.4 is 9.46 Å². The van der Waals surface area contributed by atoms with Crippen molar-refractivity contribution in [3.8, 4) is 5.75 Å². The monoisotopic (exact) mass is 458 g/mol. The molecule has 0 spiro atoms. The minimum atomic E-state index is -3.76. The Morgan fingerprint density at radius 1 is 1.06 bits per heavy atom. The lowest BCUT2D eigenvalue weighted by molar-refractivity contribution is 0.0784. The van der Waals surface area contributed by atoms with Crippen molar-refractivity contribution in [3.05, 3.63) is 88.4 Å². The van der Waals surface area contributed by atoms with Crippen molar-refractivity contribution in [1.82, 2.24) is 4.90 Å². The van der Waals surface area contributed by atoms with Gasteiger partial charge in [0.1, 0.15) is 5.75 Å². The minimum absolute atomic E-state index is 0.144. The number of ether oxygens (including phenoxy) is 1. The van der Waals surface area contributed by atoms with E-state index in [1.54, 1.807) is 26.3 Å². The van der Waals surface area contributed by atoms with E-state index in [0.29, 0.717) is 12.3 Å². The summed E-state index contributed by atoms with van der Waals surface area (Å²) >= 11 is 6.32. The Hall–Kier alpha value is -3.03. The molecule has 0 fully saturated rings. The van der Waals surface area contributed by atoms with Crippen LogP contribution in [0, 0.1) is 6.92 Å². The van der Waals surface area contributed by atoms with E-state index < -0.39 is 10.0 Å². The number of sulfonamides is 1. The van der Waals surface area contributed by atoms with Crippen molar-refractivity contribution >= 4 is 33.2 Å². The third kappa shape index (κ3) is 5.37. The van der Waals surface area contributed by atoms with Gasteiger partial charge in [0.25, 0.3) is 15.9 Å². The molecule has 0 aliphatic heterocycles. The quantitative estimate of drug-likeness (QED) is 0.555. The van der Waals surface area contributed by atoms with E-state index in [4.69, 9.17) is 16.3 Å². The number of nitrogens with zero attached hydrogens (tertiary/aromatic N) is 1. The van der Waals surface area contributed by atoms with Crippen LogP contribution in [0.25, 0.3) is 0 Å². The van der Waals surface area contributed by atoms with Gasteiger partial charge in [0, 0.05) is 19.2 Å². The van der Waals surface area contributed by atoms with Crippen LogP contribution in [0.2, 0.25) is 5.02 Å². The molecule has 0 aliphatic rings. The average molecular weight is 459 g/mol. The van der Waals surface area contributed by atoms with Gasteiger partial charge in [-0.25, -0.2) is 8.42 Å². The van der Waals surface area contributed by atoms with Crippen LogP contribution in [-0.4, -0.2) is 33.4 Å². The van der Waals surface area contributed by atoms with Crippen LogP contribution in [0.5, 0.6) is 5.75 Å². The summed E-state index contributed by atoms with van der Waals surface area (Å²) < 4.78 is 33.0. The molecule has 0 aromatic heterocycles. The Morgan fingerprint density at radius 2 is 1.74 bits per heavy atom. The number of methoxy groups -OCH3 is 1. The highest BCUT2D eigenvalue weighted by Gasteiger charge is 2.19. The molecule has 0 radical (unpaired) electrons. The maximum absolute atomic E-state index is 12.9. The molecule has 31 heavy (non-hydrogen) atoms. The number of amides is 1. The number of halogens is 1. The van der Waals surface area contributed by atoms with Gasteiger partial charge in [-0.05, 0) is 43.3 Å². The first-order chi connectivity index (χ1) is 14.7. The Labute approximate surface area is 187 Å². The van der Waals surface area contributed by atoms with E-state index in [0.717, 1.165) is 11.1 Å². The number of nitrogens with one attached hydrogen (secondary N) is 1.